The van der Waals surface area contributed by atoms with E-state index in [2.05, 4.69) is 18.0 Å². The van der Waals surface area contributed by atoms with Crippen LogP contribution in [0.15, 0.2) is 30.9 Å². The van der Waals surface area contributed by atoms with Crippen molar-refractivity contribution < 1.29 is 9.53 Å². The van der Waals surface area contributed by atoms with Crippen molar-refractivity contribution in [1.29, 1.82) is 0 Å². The highest BCUT2D eigenvalue weighted by Crippen LogP contribution is 2.20. The number of benzene rings is 1. The van der Waals surface area contributed by atoms with E-state index in [-0.39, 0.29) is 5.91 Å². The van der Waals surface area contributed by atoms with Gasteiger partial charge < -0.3 is 15.0 Å². The summed E-state index contributed by atoms with van der Waals surface area (Å²) < 4.78 is 5.08. The van der Waals surface area contributed by atoms with Crippen LogP contribution in [0.1, 0.15) is 21.5 Å². The molecule has 0 atom stereocenters. The molecule has 20 heavy (non-hydrogen) atoms. The van der Waals surface area contributed by atoms with Crippen molar-refractivity contribution in [3.05, 3.63) is 47.5 Å². The molecule has 4 heteroatoms. The van der Waals surface area contributed by atoms with Crippen LogP contribution in [0, 0.1) is 0 Å². The minimum atomic E-state index is 0.0701. The molecule has 108 valence electrons. The molecule has 0 radical (unpaired) electrons. The monoisotopic (exact) mass is 274 g/mol. The van der Waals surface area contributed by atoms with Crippen LogP contribution < -0.4 is 5.32 Å². The van der Waals surface area contributed by atoms with Crippen molar-refractivity contribution in [2.75, 3.05) is 33.4 Å². The van der Waals surface area contributed by atoms with Crippen molar-refractivity contribution in [2.45, 2.75) is 13.0 Å². The number of nitrogens with one attached hydrogen (secondary N) is 1. The lowest BCUT2D eigenvalue weighted by molar-refractivity contribution is 0.0717. The first kappa shape index (κ1) is 14.8. The lowest BCUT2D eigenvalue weighted by atomic mass is 9.95. The Hall–Kier alpha value is -1.65. The Bertz CT molecular complexity index is 485. The number of carbonyl (C=O) groups is 1. The molecular weight excluding hydrogens is 252 g/mol. The quantitative estimate of drug-likeness (QED) is 0.801. The fourth-order valence-electron chi connectivity index (χ4n) is 2.54. The van der Waals surface area contributed by atoms with Gasteiger partial charge in [0.15, 0.2) is 0 Å². The second-order valence-corrected chi connectivity index (χ2v) is 4.90. The molecule has 2 rings (SSSR count). The summed E-state index contributed by atoms with van der Waals surface area (Å²) in [6.45, 7) is 7.17. The number of carbonyl (C=O) groups excluding carboxylic acids is 1. The first-order chi connectivity index (χ1) is 9.77. The second-order valence-electron chi connectivity index (χ2n) is 4.90. The third kappa shape index (κ3) is 3.26. The van der Waals surface area contributed by atoms with E-state index in [1.807, 2.05) is 12.1 Å². The fraction of sp³-hybridized carbons (Fsp3) is 0.438. The number of amides is 1. The molecule has 1 aliphatic heterocycles. The maximum atomic E-state index is 12.7. The van der Waals surface area contributed by atoms with Crippen LogP contribution in [0.25, 0.3) is 0 Å². The molecule has 1 heterocycles. The highest BCUT2D eigenvalue weighted by Gasteiger charge is 2.21. The third-order valence-electron chi connectivity index (χ3n) is 3.57. The standard InChI is InChI=1S/C16H22N2O2/c1-3-9-18(10-11-20-2)16(19)15-6-4-5-13-12-17-8-7-14(13)15/h3-6,17H,1,7-12H2,2H3. The summed E-state index contributed by atoms with van der Waals surface area (Å²) in [5, 5.41) is 3.33. The summed E-state index contributed by atoms with van der Waals surface area (Å²) in [5.74, 6) is 0.0701. The molecule has 0 saturated carbocycles. The maximum Gasteiger partial charge on any atom is 0.254 e. The van der Waals surface area contributed by atoms with E-state index in [1.54, 1.807) is 18.1 Å². The van der Waals surface area contributed by atoms with Crippen molar-refractivity contribution in [1.82, 2.24) is 10.2 Å². The lowest BCUT2D eigenvalue weighted by Crippen LogP contribution is -2.35. The van der Waals surface area contributed by atoms with E-state index < -0.39 is 0 Å². The van der Waals surface area contributed by atoms with E-state index in [0.29, 0.717) is 19.7 Å². The molecule has 0 spiro atoms. The van der Waals surface area contributed by atoms with Crippen LogP contribution in [0.2, 0.25) is 0 Å². The van der Waals surface area contributed by atoms with Gasteiger partial charge in [-0.05, 0) is 30.2 Å². The number of hydrogen-bond acceptors (Lipinski definition) is 3. The van der Waals surface area contributed by atoms with Crippen LogP contribution in [-0.4, -0.2) is 44.2 Å². The summed E-state index contributed by atoms with van der Waals surface area (Å²) in [7, 11) is 1.65. The Labute approximate surface area is 120 Å². The van der Waals surface area contributed by atoms with Crippen LogP contribution in [-0.2, 0) is 17.7 Å². The molecular formula is C16H22N2O2. The minimum Gasteiger partial charge on any atom is -0.383 e. The van der Waals surface area contributed by atoms with Gasteiger partial charge >= 0.3 is 0 Å². The van der Waals surface area contributed by atoms with Gasteiger partial charge in [0, 0.05) is 32.3 Å². The van der Waals surface area contributed by atoms with E-state index in [1.165, 1.54) is 11.1 Å². The molecule has 1 N–H and O–H groups in total. The number of methoxy groups -OCH3 is 1. The molecule has 0 bridgehead atoms. The highest BCUT2D eigenvalue weighted by atomic mass is 16.5. The van der Waals surface area contributed by atoms with Gasteiger partial charge in [0.2, 0.25) is 0 Å². The van der Waals surface area contributed by atoms with Gasteiger partial charge in [-0.15, -0.1) is 6.58 Å². The van der Waals surface area contributed by atoms with E-state index in [0.717, 1.165) is 25.1 Å². The van der Waals surface area contributed by atoms with Gasteiger partial charge in [0.25, 0.3) is 5.91 Å². The second kappa shape index (κ2) is 7.22. The molecule has 1 aliphatic rings. The molecule has 1 aromatic carbocycles. The number of hydrogen-bond donors (Lipinski definition) is 1. The number of ether oxygens (including phenoxy) is 1. The fourth-order valence-corrected chi connectivity index (χ4v) is 2.54. The average Bonchev–Trinajstić information content (AvgIpc) is 2.50. The topological polar surface area (TPSA) is 41.6 Å². The largest absolute Gasteiger partial charge is 0.383 e. The Kier molecular flexibility index (Phi) is 5.32. The molecule has 4 nitrogen and oxygen atoms in total. The van der Waals surface area contributed by atoms with E-state index in [9.17, 15) is 4.79 Å². The van der Waals surface area contributed by atoms with Crippen LogP contribution in [0.4, 0.5) is 0 Å². The number of fused-ring (bicyclic) bond motifs is 1. The molecule has 1 amide bonds. The zero-order chi connectivity index (χ0) is 14.4. The van der Waals surface area contributed by atoms with Crippen LogP contribution >= 0.6 is 0 Å². The number of nitrogens with zero attached hydrogens (tertiary/aromatic N) is 1. The van der Waals surface area contributed by atoms with Gasteiger partial charge in [-0.3, -0.25) is 4.79 Å². The van der Waals surface area contributed by atoms with Gasteiger partial charge in [-0.2, -0.15) is 0 Å². The Balaban J connectivity index is 2.24. The summed E-state index contributed by atoms with van der Waals surface area (Å²) in [4.78, 5) is 14.5. The molecule has 0 aliphatic carbocycles. The first-order valence-electron chi connectivity index (χ1n) is 6.98. The smallest absolute Gasteiger partial charge is 0.254 e. The Morgan fingerprint density at radius 2 is 2.40 bits per heavy atom. The van der Waals surface area contributed by atoms with Crippen molar-refractivity contribution in [2.24, 2.45) is 0 Å². The molecule has 0 saturated heterocycles. The summed E-state index contributed by atoms with van der Waals surface area (Å²) in [5.41, 5.74) is 3.23. The van der Waals surface area contributed by atoms with Crippen LogP contribution in [0.5, 0.6) is 0 Å². The minimum absolute atomic E-state index is 0.0701. The number of rotatable bonds is 6. The normalized spacial score (nSPS) is 13.7. The predicted molar refractivity (Wildman–Crippen MR) is 79.8 cm³/mol. The van der Waals surface area contributed by atoms with Gasteiger partial charge in [0.1, 0.15) is 0 Å². The maximum absolute atomic E-state index is 12.7. The van der Waals surface area contributed by atoms with Gasteiger partial charge in [0.05, 0.1) is 6.61 Å². The summed E-state index contributed by atoms with van der Waals surface area (Å²) >= 11 is 0. The SMILES string of the molecule is C=CCN(CCOC)C(=O)c1cccc2c1CCNC2. The summed E-state index contributed by atoms with van der Waals surface area (Å²) in [6, 6.07) is 5.97. The molecule has 0 unspecified atom stereocenters. The zero-order valence-electron chi connectivity index (χ0n) is 12.0. The average molecular weight is 274 g/mol. The molecule has 0 aromatic heterocycles. The van der Waals surface area contributed by atoms with Crippen molar-refractivity contribution in [3.63, 3.8) is 0 Å². The lowest BCUT2D eigenvalue weighted by Gasteiger charge is -2.25. The van der Waals surface area contributed by atoms with Crippen LogP contribution in [0.3, 0.4) is 0 Å². The van der Waals surface area contributed by atoms with Gasteiger partial charge in [-0.1, -0.05) is 18.2 Å². The van der Waals surface area contributed by atoms with Crippen molar-refractivity contribution in [3.8, 4) is 0 Å². The van der Waals surface area contributed by atoms with E-state index >= 15 is 0 Å². The van der Waals surface area contributed by atoms with Crippen molar-refractivity contribution >= 4 is 5.91 Å². The Morgan fingerprint density at radius 3 is 3.15 bits per heavy atom. The third-order valence-corrected chi connectivity index (χ3v) is 3.57. The summed E-state index contributed by atoms with van der Waals surface area (Å²) in [6.07, 6.45) is 2.66. The molecule has 0 fully saturated rings. The predicted octanol–water partition coefficient (Wildman–Crippen LogP) is 1.61. The zero-order valence-corrected chi connectivity index (χ0v) is 12.0. The van der Waals surface area contributed by atoms with E-state index in [4.69, 9.17) is 4.74 Å². The highest BCUT2D eigenvalue weighted by molar-refractivity contribution is 5.96. The van der Waals surface area contributed by atoms with Gasteiger partial charge in [-0.25, -0.2) is 0 Å². The first-order valence-corrected chi connectivity index (χ1v) is 6.98. The Morgan fingerprint density at radius 1 is 1.55 bits per heavy atom. The molecule has 1 aromatic rings.